The fourth-order valence-electron chi connectivity index (χ4n) is 4.86. The van der Waals surface area contributed by atoms with Crippen molar-refractivity contribution in [2.75, 3.05) is 46.4 Å². The minimum absolute atomic E-state index is 0.0434. The Morgan fingerprint density at radius 1 is 0.944 bits per heavy atom. The van der Waals surface area contributed by atoms with Crippen molar-refractivity contribution < 1.29 is 13.9 Å². The molecule has 5 rings (SSSR count). The van der Waals surface area contributed by atoms with E-state index in [9.17, 15) is 4.79 Å². The predicted octanol–water partition coefficient (Wildman–Crippen LogP) is 4.90. The molecular weight excluding hydrogens is 450 g/mol. The molecule has 186 valence electrons. The molecule has 4 aromatic rings. The average Bonchev–Trinajstić information content (AvgIpc) is 3.44. The molecule has 0 unspecified atom stereocenters. The molecule has 6 nitrogen and oxygen atoms in total. The Bertz CT molecular complexity index is 1270. The lowest BCUT2D eigenvalue weighted by atomic mass is 10.0. The van der Waals surface area contributed by atoms with E-state index < -0.39 is 0 Å². The van der Waals surface area contributed by atoms with E-state index in [-0.39, 0.29) is 5.91 Å². The molecule has 3 aromatic carbocycles. The molecule has 36 heavy (non-hydrogen) atoms. The number of amides is 1. The number of carbonyl (C=O) groups is 1. The summed E-state index contributed by atoms with van der Waals surface area (Å²) in [6.45, 7) is 6.38. The molecule has 0 spiro atoms. The zero-order valence-electron chi connectivity index (χ0n) is 20.8. The third-order valence-corrected chi connectivity index (χ3v) is 6.78. The summed E-state index contributed by atoms with van der Waals surface area (Å²) in [5.41, 5.74) is 3.20. The fourth-order valence-corrected chi connectivity index (χ4v) is 4.86. The van der Waals surface area contributed by atoms with Crippen LogP contribution in [-0.4, -0.2) is 67.0 Å². The number of fused-ring (bicyclic) bond motifs is 1. The van der Waals surface area contributed by atoms with Crippen LogP contribution in [0.5, 0.6) is 5.75 Å². The van der Waals surface area contributed by atoms with Gasteiger partial charge >= 0.3 is 0 Å². The first-order valence-electron chi connectivity index (χ1n) is 12.6. The summed E-state index contributed by atoms with van der Waals surface area (Å²) in [5.74, 6) is 0.946. The van der Waals surface area contributed by atoms with E-state index in [4.69, 9.17) is 9.15 Å². The van der Waals surface area contributed by atoms with Crippen LogP contribution in [0, 0.1) is 0 Å². The Labute approximate surface area is 212 Å². The van der Waals surface area contributed by atoms with Crippen molar-refractivity contribution in [2.45, 2.75) is 13.1 Å². The van der Waals surface area contributed by atoms with Gasteiger partial charge in [0.2, 0.25) is 0 Å². The second kappa shape index (κ2) is 11.4. The van der Waals surface area contributed by atoms with Crippen molar-refractivity contribution in [1.82, 2.24) is 14.7 Å². The van der Waals surface area contributed by atoms with Crippen molar-refractivity contribution in [2.24, 2.45) is 0 Å². The SMILES string of the molecule is CN(Cc1cccc(OCCN2CCN(C(=O)c3ccoc3)CC2)c1)Cc1cccc2ccccc12. The topological polar surface area (TPSA) is 49.2 Å². The van der Waals surface area contributed by atoms with Gasteiger partial charge in [-0.05, 0) is 47.1 Å². The molecule has 2 heterocycles. The molecule has 6 heteroatoms. The summed E-state index contributed by atoms with van der Waals surface area (Å²) in [5, 5.41) is 2.60. The van der Waals surface area contributed by atoms with Gasteiger partial charge in [0.15, 0.2) is 0 Å². The van der Waals surface area contributed by atoms with E-state index in [2.05, 4.69) is 77.5 Å². The predicted molar refractivity (Wildman–Crippen MR) is 142 cm³/mol. The number of hydrogen-bond acceptors (Lipinski definition) is 5. The van der Waals surface area contributed by atoms with Gasteiger partial charge in [-0.1, -0.05) is 54.6 Å². The number of benzene rings is 3. The summed E-state index contributed by atoms with van der Waals surface area (Å²) >= 11 is 0. The Kier molecular flexibility index (Phi) is 7.64. The van der Waals surface area contributed by atoms with Crippen molar-refractivity contribution in [3.05, 3.63) is 102 Å². The van der Waals surface area contributed by atoms with E-state index in [0.717, 1.165) is 51.6 Å². The highest BCUT2D eigenvalue weighted by Gasteiger charge is 2.22. The quantitative estimate of drug-likeness (QED) is 0.339. The molecule has 1 saturated heterocycles. The number of ether oxygens (including phenoxy) is 1. The van der Waals surface area contributed by atoms with Crippen LogP contribution >= 0.6 is 0 Å². The lowest BCUT2D eigenvalue weighted by Crippen LogP contribution is -2.49. The highest BCUT2D eigenvalue weighted by atomic mass is 16.5. The number of nitrogens with zero attached hydrogens (tertiary/aromatic N) is 3. The van der Waals surface area contributed by atoms with Crippen LogP contribution in [0.2, 0.25) is 0 Å². The van der Waals surface area contributed by atoms with Crippen LogP contribution in [0.25, 0.3) is 10.8 Å². The summed E-state index contributed by atoms with van der Waals surface area (Å²) in [6, 6.07) is 25.2. The van der Waals surface area contributed by atoms with Crippen molar-refractivity contribution in [1.29, 1.82) is 0 Å². The van der Waals surface area contributed by atoms with Gasteiger partial charge in [-0.25, -0.2) is 0 Å². The van der Waals surface area contributed by atoms with Crippen molar-refractivity contribution in [3.63, 3.8) is 0 Å². The molecule has 1 aromatic heterocycles. The Morgan fingerprint density at radius 3 is 2.58 bits per heavy atom. The van der Waals surface area contributed by atoms with Crippen LogP contribution in [0.3, 0.4) is 0 Å². The molecule has 1 fully saturated rings. The molecule has 0 aliphatic carbocycles. The zero-order valence-corrected chi connectivity index (χ0v) is 20.8. The molecule has 1 aliphatic heterocycles. The monoisotopic (exact) mass is 483 g/mol. The lowest BCUT2D eigenvalue weighted by Gasteiger charge is -2.34. The number of piperazine rings is 1. The second-order valence-electron chi connectivity index (χ2n) is 9.45. The summed E-state index contributed by atoms with van der Waals surface area (Å²) < 4.78 is 11.1. The minimum atomic E-state index is 0.0434. The number of hydrogen-bond donors (Lipinski definition) is 0. The van der Waals surface area contributed by atoms with E-state index >= 15 is 0 Å². The third kappa shape index (κ3) is 5.96. The number of carbonyl (C=O) groups excluding carboxylic acids is 1. The van der Waals surface area contributed by atoms with E-state index in [1.807, 2.05) is 11.0 Å². The van der Waals surface area contributed by atoms with Gasteiger partial charge in [0.25, 0.3) is 5.91 Å². The van der Waals surface area contributed by atoms with E-state index in [0.29, 0.717) is 12.2 Å². The first-order valence-corrected chi connectivity index (χ1v) is 12.6. The Hall–Kier alpha value is -3.61. The molecule has 0 radical (unpaired) electrons. The van der Waals surface area contributed by atoms with Crippen LogP contribution in [-0.2, 0) is 13.1 Å². The maximum absolute atomic E-state index is 12.5. The molecule has 1 aliphatic rings. The molecule has 0 atom stereocenters. The van der Waals surface area contributed by atoms with Gasteiger partial charge in [0.1, 0.15) is 18.6 Å². The van der Waals surface area contributed by atoms with Gasteiger partial charge in [0.05, 0.1) is 11.8 Å². The molecule has 0 saturated carbocycles. The molecular formula is C30H33N3O3. The van der Waals surface area contributed by atoms with Gasteiger partial charge in [-0.2, -0.15) is 0 Å². The first kappa shape index (κ1) is 24.1. The highest BCUT2D eigenvalue weighted by molar-refractivity contribution is 5.93. The maximum Gasteiger partial charge on any atom is 0.257 e. The van der Waals surface area contributed by atoms with Gasteiger partial charge in [-0.3, -0.25) is 14.6 Å². The van der Waals surface area contributed by atoms with Crippen LogP contribution in [0.15, 0.2) is 89.7 Å². The fraction of sp³-hybridized carbons (Fsp3) is 0.300. The van der Waals surface area contributed by atoms with Gasteiger partial charge in [0, 0.05) is 45.8 Å². The summed E-state index contributed by atoms with van der Waals surface area (Å²) in [4.78, 5) is 19.0. The summed E-state index contributed by atoms with van der Waals surface area (Å²) in [7, 11) is 2.16. The van der Waals surface area contributed by atoms with E-state index in [1.54, 1.807) is 12.3 Å². The summed E-state index contributed by atoms with van der Waals surface area (Å²) in [6.07, 6.45) is 3.05. The van der Waals surface area contributed by atoms with Crippen molar-refractivity contribution in [3.8, 4) is 5.75 Å². The number of rotatable bonds is 9. The number of furan rings is 1. The lowest BCUT2D eigenvalue weighted by molar-refractivity contribution is 0.0619. The normalized spacial score (nSPS) is 14.4. The molecule has 0 bridgehead atoms. The molecule has 1 amide bonds. The average molecular weight is 484 g/mol. The van der Waals surface area contributed by atoms with Gasteiger partial charge in [-0.15, -0.1) is 0 Å². The minimum Gasteiger partial charge on any atom is -0.492 e. The molecule has 0 N–H and O–H groups in total. The van der Waals surface area contributed by atoms with Crippen molar-refractivity contribution >= 4 is 16.7 Å². The van der Waals surface area contributed by atoms with Gasteiger partial charge < -0.3 is 14.1 Å². The zero-order chi connectivity index (χ0) is 24.7. The van der Waals surface area contributed by atoms with E-state index in [1.165, 1.54) is 28.2 Å². The third-order valence-electron chi connectivity index (χ3n) is 6.78. The second-order valence-corrected chi connectivity index (χ2v) is 9.45. The highest BCUT2D eigenvalue weighted by Crippen LogP contribution is 2.21. The van der Waals surface area contributed by atoms with Crippen LogP contribution in [0.4, 0.5) is 0 Å². The maximum atomic E-state index is 12.5. The smallest absolute Gasteiger partial charge is 0.257 e. The largest absolute Gasteiger partial charge is 0.492 e. The van der Waals surface area contributed by atoms with Crippen LogP contribution in [0.1, 0.15) is 21.5 Å². The first-order chi connectivity index (χ1) is 17.7. The standard InChI is InChI=1S/C30H33N3O3/c1-31(22-26-9-5-8-25-7-2-3-11-29(25)26)21-24-6-4-10-28(20-24)36-19-17-32-13-15-33(16-14-32)30(34)27-12-18-35-23-27/h2-12,18,20,23H,13-17,19,21-22H2,1H3. The Morgan fingerprint density at radius 2 is 1.75 bits per heavy atom. The Balaban J connectivity index is 1.08. The van der Waals surface area contributed by atoms with Crippen LogP contribution < -0.4 is 4.74 Å².